The third-order valence-electron chi connectivity index (χ3n) is 3.56. The van der Waals surface area contributed by atoms with Gasteiger partial charge in [-0.1, -0.05) is 19.1 Å². The molecule has 0 aliphatic heterocycles. The van der Waals surface area contributed by atoms with Gasteiger partial charge >= 0.3 is 0 Å². The van der Waals surface area contributed by atoms with E-state index < -0.39 is 0 Å². The zero-order chi connectivity index (χ0) is 13.8. The molecule has 2 unspecified atom stereocenters. The maximum absolute atomic E-state index is 8.95. The second-order valence-electron chi connectivity index (χ2n) is 5.18. The molecule has 0 aliphatic carbocycles. The lowest BCUT2D eigenvalue weighted by Crippen LogP contribution is -2.38. The van der Waals surface area contributed by atoms with Gasteiger partial charge in [0, 0.05) is 24.6 Å². The molecule has 0 amide bonds. The first-order valence-electron chi connectivity index (χ1n) is 6.84. The molecule has 2 aromatic rings. The smallest absolute Gasteiger partial charge is 0.0982 e. The van der Waals surface area contributed by atoms with E-state index in [1.165, 1.54) is 9.71 Å². The Morgan fingerprint density at radius 1 is 1.26 bits per heavy atom. The molecule has 104 valence electrons. The maximum Gasteiger partial charge on any atom is 0.0982 e. The van der Waals surface area contributed by atoms with Gasteiger partial charge in [0.1, 0.15) is 0 Å². The molecule has 0 spiro atoms. The summed E-state index contributed by atoms with van der Waals surface area (Å²) in [6, 6.07) is 8.95. The molecular weight excluding hydrogens is 256 g/mol. The Kier molecular flexibility index (Phi) is 4.91. The standard InChI is InChI=1S/C15H22N2OS/c1-10(8-9-18)16-12(3)11(2)15-17-13-6-4-5-7-14(13)19-15/h4-7,10-12,16,18H,8-9H2,1-3H3/t10-,11?,12?/m1/s1. The summed E-state index contributed by atoms with van der Waals surface area (Å²) in [6.07, 6.45) is 0.789. The largest absolute Gasteiger partial charge is 0.396 e. The highest BCUT2D eigenvalue weighted by atomic mass is 32.1. The van der Waals surface area contributed by atoms with Crippen LogP contribution in [0.1, 0.15) is 38.1 Å². The lowest BCUT2D eigenvalue weighted by atomic mass is 10.0. The first-order chi connectivity index (χ1) is 9.11. The van der Waals surface area contributed by atoms with Crippen LogP contribution in [0.15, 0.2) is 24.3 Å². The number of fused-ring (bicyclic) bond motifs is 1. The van der Waals surface area contributed by atoms with Gasteiger partial charge in [0.2, 0.25) is 0 Å². The fraction of sp³-hybridized carbons (Fsp3) is 0.533. The Bertz CT molecular complexity index is 493. The molecular formula is C15H22N2OS. The van der Waals surface area contributed by atoms with Crippen LogP contribution in [0.25, 0.3) is 10.2 Å². The quantitative estimate of drug-likeness (QED) is 0.853. The molecule has 3 atom stereocenters. The Morgan fingerprint density at radius 3 is 2.68 bits per heavy atom. The van der Waals surface area contributed by atoms with Gasteiger partial charge in [-0.3, -0.25) is 0 Å². The summed E-state index contributed by atoms with van der Waals surface area (Å²) in [5, 5.41) is 13.7. The van der Waals surface area contributed by atoms with Crippen molar-refractivity contribution in [2.24, 2.45) is 0 Å². The van der Waals surface area contributed by atoms with Crippen molar-refractivity contribution in [2.75, 3.05) is 6.61 Å². The summed E-state index contributed by atoms with van der Waals surface area (Å²) in [4.78, 5) is 4.72. The highest BCUT2D eigenvalue weighted by Crippen LogP contribution is 2.29. The highest BCUT2D eigenvalue weighted by molar-refractivity contribution is 7.18. The SMILES string of the molecule is CC(N[C@H](C)CCO)C(C)c1nc2ccccc2s1. The van der Waals surface area contributed by atoms with Gasteiger partial charge in [-0.25, -0.2) is 4.98 Å². The average Bonchev–Trinajstić information content (AvgIpc) is 2.81. The van der Waals surface area contributed by atoms with Crippen molar-refractivity contribution >= 4 is 21.6 Å². The zero-order valence-electron chi connectivity index (χ0n) is 11.8. The fourth-order valence-electron chi connectivity index (χ4n) is 2.17. The second kappa shape index (κ2) is 6.46. The lowest BCUT2D eigenvalue weighted by molar-refractivity contribution is 0.261. The molecule has 2 rings (SSSR count). The van der Waals surface area contributed by atoms with Gasteiger partial charge in [-0.05, 0) is 32.4 Å². The van der Waals surface area contributed by atoms with E-state index in [2.05, 4.69) is 44.3 Å². The molecule has 2 N–H and O–H groups in total. The molecule has 1 aromatic heterocycles. The van der Waals surface area contributed by atoms with Gasteiger partial charge in [0.25, 0.3) is 0 Å². The van der Waals surface area contributed by atoms with Crippen molar-refractivity contribution in [3.05, 3.63) is 29.3 Å². The van der Waals surface area contributed by atoms with E-state index in [1.54, 1.807) is 11.3 Å². The topological polar surface area (TPSA) is 45.1 Å². The molecule has 0 fully saturated rings. The molecule has 1 aromatic carbocycles. The van der Waals surface area contributed by atoms with E-state index in [1.807, 2.05) is 6.07 Å². The monoisotopic (exact) mass is 278 g/mol. The van der Waals surface area contributed by atoms with Crippen molar-refractivity contribution < 1.29 is 5.11 Å². The number of aliphatic hydroxyl groups is 1. The number of aromatic nitrogens is 1. The Balaban J connectivity index is 2.07. The van der Waals surface area contributed by atoms with Crippen LogP contribution in [-0.4, -0.2) is 28.8 Å². The van der Waals surface area contributed by atoms with Crippen LogP contribution in [0, 0.1) is 0 Å². The number of nitrogens with one attached hydrogen (secondary N) is 1. The van der Waals surface area contributed by atoms with Crippen molar-refractivity contribution in [1.29, 1.82) is 0 Å². The maximum atomic E-state index is 8.95. The van der Waals surface area contributed by atoms with Crippen LogP contribution in [0.4, 0.5) is 0 Å². The Morgan fingerprint density at radius 2 is 2.00 bits per heavy atom. The Labute approximate surface area is 118 Å². The third-order valence-corrected chi connectivity index (χ3v) is 4.80. The van der Waals surface area contributed by atoms with Crippen LogP contribution >= 0.6 is 11.3 Å². The van der Waals surface area contributed by atoms with Crippen LogP contribution in [0.2, 0.25) is 0 Å². The number of benzene rings is 1. The van der Waals surface area contributed by atoms with Gasteiger partial charge in [-0.2, -0.15) is 0 Å². The van der Waals surface area contributed by atoms with Gasteiger partial charge in [0.05, 0.1) is 15.2 Å². The second-order valence-corrected chi connectivity index (χ2v) is 6.24. The van der Waals surface area contributed by atoms with Crippen LogP contribution < -0.4 is 5.32 Å². The number of hydrogen-bond donors (Lipinski definition) is 2. The number of para-hydroxylation sites is 1. The number of thiazole rings is 1. The number of nitrogens with zero attached hydrogens (tertiary/aromatic N) is 1. The molecule has 4 heteroatoms. The summed E-state index contributed by atoms with van der Waals surface area (Å²) in [7, 11) is 0. The lowest BCUT2D eigenvalue weighted by Gasteiger charge is -2.23. The molecule has 0 bridgehead atoms. The zero-order valence-corrected chi connectivity index (χ0v) is 12.6. The van der Waals surface area contributed by atoms with Crippen molar-refractivity contribution in [2.45, 2.75) is 45.2 Å². The fourth-order valence-corrected chi connectivity index (χ4v) is 3.29. The minimum Gasteiger partial charge on any atom is -0.396 e. The number of rotatable bonds is 6. The predicted octanol–water partition coefficient (Wildman–Crippen LogP) is 3.15. The van der Waals surface area contributed by atoms with E-state index in [0.717, 1.165) is 11.9 Å². The summed E-state index contributed by atoms with van der Waals surface area (Å²) >= 11 is 1.77. The van der Waals surface area contributed by atoms with Crippen molar-refractivity contribution in [3.63, 3.8) is 0 Å². The van der Waals surface area contributed by atoms with E-state index in [9.17, 15) is 0 Å². The molecule has 3 nitrogen and oxygen atoms in total. The summed E-state index contributed by atoms with van der Waals surface area (Å²) in [5.74, 6) is 0.374. The highest BCUT2D eigenvalue weighted by Gasteiger charge is 2.19. The normalized spacial score (nSPS) is 16.4. The van der Waals surface area contributed by atoms with Gasteiger partial charge in [0.15, 0.2) is 0 Å². The average molecular weight is 278 g/mol. The van der Waals surface area contributed by atoms with Crippen LogP contribution in [0.3, 0.4) is 0 Å². The molecule has 1 heterocycles. The predicted molar refractivity (Wildman–Crippen MR) is 81.8 cm³/mol. The first-order valence-corrected chi connectivity index (χ1v) is 7.66. The molecule has 0 saturated carbocycles. The van der Waals surface area contributed by atoms with Crippen molar-refractivity contribution in [1.82, 2.24) is 10.3 Å². The summed E-state index contributed by atoms with van der Waals surface area (Å²) in [5.41, 5.74) is 1.09. The number of hydrogen-bond acceptors (Lipinski definition) is 4. The molecule has 0 aliphatic rings. The van der Waals surface area contributed by atoms with E-state index >= 15 is 0 Å². The van der Waals surface area contributed by atoms with E-state index in [-0.39, 0.29) is 6.61 Å². The summed E-state index contributed by atoms with van der Waals surface area (Å²) in [6.45, 7) is 6.74. The molecule has 0 saturated heterocycles. The van der Waals surface area contributed by atoms with E-state index in [0.29, 0.717) is 18.0 Å². The van der Waals surface area contributed by atoms with Gasteiger partial charge < -0.3 is 10.4 Å². The minimum atomic E-state index is 0.233. The molecule has 0 radical (unpaired) electrons. The number of aliphatic hydroxyl groups excluding tert-OH is 1. The Hall–Kier alpha value is -0.970. The van der Waals surface area contributed by atoms with Crippen LogP contribution in [0.5, 0.6) is 0 Å². The van der Waals surface area contributed by atoms with Gasteiger partial charge in [-0.15, -0.1) is 11.3 Å². The first kappa shape index (κ1) is 14.4. The third kappa shape index (κ3) is 3.53. The minimum absolute atomic E-state index is 0.233. The summed E-state index contributed by atoms with van der Waals surface area (Å²) < 4.78 is 1.25. The van der Waals surface area contributed by atoms with Crippen LogP contribution in [-0.2, 0) is 0 Å². The molecule has 19 heavy (non-hydrogen) atoms. The van der Waals surface area contributed by atoms with E-state index in [4.69, 9.17) is 10.1 Å². The van der Waals surface area contributed by atoms with Crippen molar-refractivity contribution in [3.8, 4) is 0 Å².